The number of hydrogen-bond acceptors (Lipinski definition) is 3. The first kappa shape index (κ1) is 18.8. The van der Waals surface area contributed by atoms with Gasteiger partial charge in [-0.1, -0.05) is 44.2 Å². The molecule has 0 bridgehead atoms. The number of nitrogens with zero attached hydrogens (tertiary/aromatic N) is 2. The average Bonchev–Trinajstić information content (AvgIpc) is 3.07. The minimum atomic E-state index is -0.368. The highest BCUT2D eigenvalue weighted by Crippen LogP contribution is 2.26. The molecule has 0 aliphatic heterocycles. The SMILES string of the molecule is CC(C)c1c(CO)nn(-c2ccc(F)cc2)c1C(=O)NCc1ccccc1. The van der Waals surface area contributed by atoms with E-state index in [1.807, 2.05) is 44.2 Å². The predicted octanol–water partition coefficient (Wildman–Crippen LogP) is 3.56. The van der Waals surface area contributed by atoms with Gasteiger partial charge in [0.25, 0.3) is 5.91 Å². The minimum Gasteiger partial charge on any atom is -0.390 e. The lowest BCUT2D eigenvalue weighted by molar-refractivity contribution is 0.0941. The maximum atomic E-state index is 13.3. The average molecular weight is 367 g/mol. The van der Waals surface area contributed by atoms with Gasteiger partial charge in [-0.15, -0.1) is 0 Å². The van der Waals surface area contributed by atoms with Crippen LogP contribution >= 0.6 is 0 Å². The first-order chi connectivity index (χ1) is 13.0. The quantitative estimate of drug-likeness (QED) is 0.700. The number of benzene rings is 2. The Morgan fingerprint density at radius 3 is 2.41 bits per heavy atom. The van der Waals surface area contributed by atoms with Crippen LogP contribution in [0.15, 0.2) is 54.6 Å². The zero-order chi connectivity index (χ0) is 19.4. The van der Waals surface area contributed by atoms with E-state index in [0.29, 0.717) is 29.2 Å². The largest absolute Gasteiger partial charge is 0.390 e. The van der Waals surface area contributed by atoms with E-state index < -0.39 is 0 Å². The van der Waals surface area contributed by atoms with Gasteiger partial charge >= 0.3 is 0 Å². The van der Waals surface area contributed by atoms with E-state index in [1.165, 1.54) is 16.8 Å². The Kier molecular flexibility index (Phi) is 5.66. The highest BCUT2D eigenvalue weighted by Gasteiger charge is 2.25. The van der Waals surface area contributed by atoms with Crippen molar-refractivity contribution in [1.29, 1.82) is 0 Å². The minimum absolute atomic E-state index is 0.0150. The van der Waals surface area contributed by atoms with Gasteiger partial charge in [0, 0.05) is 12.1 Å². The molecule has 5 nitrogen and oxygen atoms in total. The number of amides is 1. The summed E-state index contributed by atoms with van der Waals surface area (Å²) >= 11 is 0. The van der Waals surface area contributed by atoms with Gasteiger partial charge in [-0.05, 0) is 35.7 Å². The summed E-state index contributed by atoms with van der Waals surface area (Å²) in [6, 6.07) is 15.3. The summed E-state index contributed by atoms with van der Waals surface area (Å²) in [5.74, 6) is -0.676. The van der Waals surface area contributed by atoms with Crippen LogP contribution in [0.4, 0.5) is 4.39 Å². The highest BCUT2D eigenvalue weighted by atomic mass is 19.1. The van der Waals surface area contributed by atoms with Crippen LogP contribution in [0.3, 0.4) is 0 Å². The number of carbonyl (C=O) groups excluding carboxylic acids is 1. The molecule has 2 aromatic carbocycles. The third kappa shape index (κ3) is 4.06. The molecule has 0 saturated heterocycles. The van der Waals surface area contributed by atoms with Gasteiger partial charge in [-0.25, -0.2) is 9.07 Å². The monoisotopic (exact) mass is 367 g/mol. The first-order valence-corrected chi connectivity index (χ1v) is 8.82. The fourth-order valence-electron chi connectivity index (χ4n) is 3.05. The zero-order valence-electron chi connectivity index (χ0n) is 15.3. The molecule has 3 aromatic rings. The summed E-state index contributed by atoms with van der Waals surface area (Å²) in [5, 5.41) is 17.0. The van der Waals surface area contributed by atoms with Gasteiger partial charge in [0.1, 0.15) is 11.5 Å². The van der Waals surface area contributed by atoms with E-state index in [1.54, 1.807) is 12.1 Å². The molecule has 3 rings (SSSR count). The van der Waals surface area contributed by atoms with Crippen molar-refractivity contribution in [3.8, 4) is 5.69 Å². The van der Waals surface area contributed by atoms with Crippen molar-refractivity contribution in [1.82, 2.24) is 15.1 Å². The van der Waals surface area contributed by atoms with E-state index >= 15 is 0 Å². The number of carbonyl (C=O) groups is 1. The van der Waals surface area contributed by atoms with Crippen molar-refractivity contribution in [3.05, 3.63) is 82.9 Å². The summed E-state index contributed by atoms with van der Waals surface area (Å²) in [4.78, 5) is 13.0. The van der Waals surface area contributed by atoms with Crippen LogP contribution in [0.25, 0.3) is 5.69 Å². The Bertz CT molecular complexity index is 919. The number of nitrogens with one attached hydrogen (secondary N) is 1. The molecule has 0 spiro atoms. The Balaban J connectivity index is 2.01. The van der Waals surface area contributed by atoms with Crippen molar-refractivity contribution in [2.24, 2.45) is 0 Å². The molecule has 1 aromatic heterocycles. The Hall–Kier alpha value is -2.99. The van der Waals surface area contributed by atoms with Crippen molar-refractivity contribution >= 4 is 5.91 Å². The van der Waals surface area contributed by atoms with Gasteiger partial charge in [0.05, 0.1) is 18.0 Å². The third-order valence-electron chi connectivity index (χ3n) is 4.31. The van der Waals surface area contributed by atoms with E-state index in [2.05, 4.69) is 10.4 Å². The van der Waals surface area contributed by atoms with Crippen molar-refractivity contribution in [2.45, 2.75) is 32.9 Å². The highest BCUT2D eigenvalue weighted by molar-refractivity contribution is 5.95. The second-order valence-electron chi connectivity index (χ2n) is 6.58. The lowest BCUT2D eigenvalue weighted by Gasteiger charge is -2.12. The molecular weight excluding hydrogens is 345 g/mol. The maximum Gasteiger partial charge on any atom is 0.270 e. The van der Waals surface area contributed by atoms with Crippen LogP contribution in [0, 0.1) is 5.82 Å². The molecule has 1 heterocycles. The van der Waals surface area contributed by atoms with Gasteiger partial charge in [0.2, 0.25) is 0 Å². The zero-order valence-corrected chi connectivity index (χ0v) is 15.3. The van der Waals surface area contributed by atoms with Gasteiger partial charge in [0.15, 0.2) is 0 Å². The molecule has 0 aliphatic rings. The molecule has 0 radical (unpaired) electrons. The molecular formula is C21H22FN3O2. The molecule has 0 aliphatic carbocycles. The summed E-state index contributed by atoms with van der Waals surface area (Å²) < 4.78 is 14.8. The van der Waals surface area contributed by atoms with Crippen LogP contribution in [-0.2, 0) is 13.2 Å². The van der Waals surface area contributed by atoms with Crippen molar-refractivity contribution in [2.75, 3.05) is 0 Å². The molecule has 2 N–H and O–H groups in total. The van der Waals surface area contributed by atoms with Gasteiger partial charge in [-0.2, -0.15) is 5.10 Å². The molecule has 0 atom stereocenters. The number of aliphatic hydroxyl groups is 1. The lowest BCUT2D eigenvalue weighted by atomic mass is 10.00. The Morgan fingerprint density at radius 2 is 1.81 bits per heavy atom. The lowest BCUT2D eigenvalue weighted by Crippen LogP contribution is -2.26. The summed E-state index contributed by atoms with van der Waals surface area (Å²) in [6.45, 7) is 3.99. The first-order valence-electron chi connectivity index (χ1n) is 8.82. The third-order valence-corrected chi connectivity index (χ3v) is 4.31. The van der Waals surface area contributed by atoms with E-state index in [4.69, 9.17) is 0 Å². The van der Waals surface area contributed by atoms with Crippen molar-refractivity contribution < 1.29 is 14.3 Å². The van der Waals surface area contributed by atoms with Crippen molar-refractivity contribution in [3.63, 3.8) is 0 Å². The van der Waals surface area contributed by atoms with E-state index in [9.17, 15) is 14.3 Å². The number of aliphatic hydroxyl groups excluding tert-OH is 1. The number of halogens is 1. The smallest absolute Gasteiger partial charge is 0.270 e. The standard InChI is InChI=1S/C21H22FN3O2/c1-14(2)19-18(13-26)24-25(17-10-8-16(22)9-11-17)20(19)21(27)23-12-15-6-4-3-5-7-15/h3-11,14,26H,12-13H2,1-2H3,(H,23,27). The summed E-state index contributed by atoms with van der Waals surface area (Å²) in [6.07, 6.45) is 0. The molecule has 0 unspecified atom stereocenters. The topological polar surface area (TPSA) is 67.2 Å². The fourth-order valence-corrected chi connectivity index (χ4v) is 3.05. The van der Waals surface area contributed by atoms with Crippen LogP contribution in [0.1, 0.15) is 47.1 Å². The number of aromatic nitrogens is 2. The van der Waals surface area contributed by atoms with Gasteiger partial charge in [-0.3, -0.25) is 4.79 Å². The molecule has 27 heavy (non-hydrogen) atoms. The number of hydrogen-bond donors (Lipinski definition) is 2. The normalized spacial score (nSPS) is 11.0. The predicted molar refractivity (Wildman–Crippen MR) is 101 cm³/mol. The fraction of sp³-hybridized carbons (Fsp3) is 0.238. The Morgan fingerprint density at radius 1 is 1.15 bits per heavy atom. The molecule has 0 saturated carbocycles. The molecule has 6 heteroatoms. The van der Waals surface area contributed by atoms with Crippen LogP contribution in [-0.4, -0.2) is 20.8 Å². The Labute approximate surface area is 157 Å². The number of rotatable bonds is 6. The van der Waals surface area contributed by atoms with Crippen LogP contribution < -0.4 is 5.32 Å². The maximum absolute atomic E-state index is 13.3. The molecule has 1 amide bonds. The van der Waals surface area contributed by atoms with E-state index in [-0.39, 0.29) is 24.2 Å². The van der Waals surface area contributed by atoms with Crippen LogP contribution in [0.5, 0.6) is 0 Å². The molecule has 140 valence electrons. The molecule has 0 fully saturated rings. The van der Waals surface area contributed by atoms with Crippen LogP contribution in [0.2, 0.25) is 0 Å². The van der Waals surface area contributed by atoms with E-state index in [0.717, 1.165) is 5.56 Å². The second kappa shape index (κ2) is 8.14. The second-order valence-corrected chi connectivity index (χ2v) is 6.58. The summed E-state index contributed by atoms with van der Waals surface area (Å²) in [5.41, 5.74) is 3.03. The summed E-state index contributed by atoms with van der Waals surface area (Å²) in [7, 11) is 0. The van der Waals surface area contributed by atoms with Gasteiger partial charge < -0.3 is 10.4 Å².